The van der Waals surface area contributed by atoms with E-state index in [1.807, 2.05) is 0 Å². The molecule has 0 radical (unpaired) electrons. The molecule has 1 aromatic carbocycles. The Kier molecular flexibility index (Phi) is 6.54. The van der Waals surface area contributed by atoms with Gasteiger partial charge in [-0.25, -0.2) is 9.37 Å². The summed E-state index contributed by atoms with van der Waals surface area (Å²) in [4.78, 5) is 16.2. The van der Waals surface area contributed by atoms with E-state index in [2.05, 4.69) is 22.5 Å². The highest BCUT2D eigenvalue weighted by molar-refractivity contribution is 5.94. The monoisotopic (exact) mass is 315 g/mol. The van der Waals surface area contributed by atoms with Crippen LogP contribution >= 0.6 is 0 Å². The third-order valence-corrected chi connectivity index (χ3v) is 3.47. The van der Waals surface area contributed by atoms with Crippen LogP contribution in [0.15, 0.2) is 42.6 Å². The van der Waals surface area contributed by atoms with E-state index in [4.69, 9.17) is 0 Å². The van der Waals surface area contributed by atoms with Crippen LogP contribution in [0.25, 0.3) is 0 Å². The van der Waals surface area contributed by atoms with E-state index >= 15 is 0 Å². The van der Waals surface area contributed by atoms with Gasteiger partial charge in [0.05, 0.1) is 0 Å². The van der Waals surface area contributed by atoms with Crippen LogP contribution in [0, 0.1) is 5.82 Å². The second kappa shape index (κ2) is 8.88. The van der Waals surface area contributed by atoms with Gasteiger partial charge in [-0.05, 0) is 42.7 Å². The topological polar surface area (TPSA) is 54.0 Å². The molecule has 0 bridgehead atoms. The maximum absolute atomic E-state index is 12.8. The van der Waals surface area contributed by atoms with Crippen LogP contribution < -0.4 is 10.6 Å². The molecule has 2 N–H and O–H groups in total. The molecule has 122 valence electrons. The van der Waals surface area contributed by atoms with Gasteiger partial charge in [-0.2, -0.15) is 0 Å². The van der Waals surface area contributed by atoms with Crippen LogP contribution in [-0.2, 0) is 6.42 Å². The number of rotatable bonds is 8. The van der Waals surface area contributed by atoms with Gasteiger partial charge >= 0.3 is 0 Å². The van der Waals surface area contributed by atoms with Gasteiger partial charge in [0.2, 0.25) is 0 Å². The van der Waals surface area contributed by atoms with Crippen molar-refractivity contribution in [3.8, 4) is 0 Å². The molecule has 0 aliphatic rings. The van der Waals surface area contributed by atoms with Gasteiger partial charge in [-0.3, -0.25) is 4.79 Å². The Morgan fingerprint density at radius 3 is 2.70 bits per heavy atom. The molecule has 2 aromatic rings. The predicted octanol–water partition coefficient (Wildman–Crippen LogP) is 3.41. The summed E-state index contributed by atoms with van der Waals surface area (Å²) < 4.78 is 12.8. The highest BCUT2D eigenvalue weighted by Crippen LogP contribution is 2.08. The standard InChI is InChI=1S/C18H22FN3O/c1-2-3-10-22-18(23)15-9-12-21-17(13-15)20-11-8-14-4-6-16(19)7-5-14/h4-7,9,12-13H,2-3,8,10-11H2,1H3,(H,20,21)(H,22,23). The maximum Gasteiger partial charge on any atom is 0.251 e. The summed E-state index contributed by atoms with van der Waals surface area (Å²) in [7, 11) is 0. The normalized spacial score (nSPS) is 10.3. The van der Waals surface area contributed by atoms with E-state index < -0.39 is 0 Å². The maximum atomic E-state index is 12.8. The van der Waals surface area contributed by atoms with E-state index in [0.29, 0.717) is 24.5 Å². The molecule has 0 unspecified atom stereocenters. The number of anilines is 1. The van der Waals surface area contributed by atoms with Gasteiger partial charge in [0.25, 0.3) is 5.91 Å². The lowest BCUT2D eigenvalue weighted by Crippen LogP contribution is -2.24. The van der Waals surface area contributed by atoms with Crippen molar-refractivity contribution in [1.82, 2.24) is 10.3 Å². The van der Waals surface area contributed by atoms with Crippen molar-refractivity contribution >= 4 is 11.7 Å². The number of carbonyl (C=O) groups is 1. The molecule has 2 rings (SSSR count). The molecular formula is C18H22FN3O. The van der Waals surface area contributed by atoms with E-state index in [0.717, 1.165) is 24.8 Å². The fraction of sp³-hybridized carbons (Fsp3) is 0.333. The minimum Gasteiger partial charge on any atom is -0.370 e. The predicted molar refractivity (Wildman–Crippen MR) is 90.1 cm³/mol. The van der Waals surface area contributed by atoms with E-state index in [1.54, 1.807) is 30.5 Å². The van der Waals surface area contributed by atoms with Crippen molar-refractivity contribution in [3.05, 3.63) is 59.5 Å². The molecule has 4 nitrogen and oxygen atoms in total. The molecule has 0 atom stereocenters. The Morgan fingerprint density at radius 2 is 1.96 bits per heavy atom. The van der Waals surface area contributed by atoms with Gasteiger partial charge in [-0.1, -0.05) is 25.5 Å². The van der Waals surface area contributed by atoms with Gasteiger partial charge in [-0.15, -0.1) is 0 Å². The summed E-state index contributed by atoms with van der Waals surface area (Å²) in [5.74, 6) is 0.350. The zero-order valence-electron chi connectivity index (χ0n) is 13.3. The molecule has 0 fully saturated rings. The van der Waals surface area contributed by atoms with Gasteiger partial charge in [0.15, 0.2) is 0 Å². The number of unbranched alkanes of at least 4 members (excludes halogenated alkanes) is 1. The second-order valence-electron chi connectivity index (χ2n) is 5.34. The lowest BCUT2D eigenvalue weighted by atomic mass is 10.1. The van der Waals surface area contributed by atoms with Crippen molar-refractivity contribution in [2.45, 2.75) is 26.2 Å². The summed E-state index contributed by atoms with van der Waals surface area (Å²) >= 11 is 0. The number of carbonyl (C=O) groups excluding carboxylic acids is 1. The smallest absolute Gasteiger partial charge is 0.251 e. The number of aromatic nitrogens is 1. The van der Waals surface area contributed by atoms with Gasteiger partial charge < -0.3 is 10.6 Å². The minimum atomic E-state index is -0.231. The van der Waals surface area contributed by atoms with Crippen LogP contribution in [0.1, 0.15) is 35.7 Å². The SMILES string of the molecule is CCCCNC(=O)c1ccnc(NCCc2ccc(F)cc2)c1. The molecule has 1 aromatic heterocycles. The number of nitrogens with zero attached hydrogens (tertiary/aromatic N) is 1. The van der Waals surface area contributed by atoms with Gasteiger partial charge in [0.1, 0.15) is 11.6 Å². The first-order valence-corrected chi connectivity index (χ1v) is 7.91. The zero-order chi connectivity index (χ0) is 16.5. The highest BCUT2D eigenvalue weighted by atomic mass is 19.1. The molecule has 0 aliphatic carbocycles. The summed E-state index contributed by atoms with van der Waals surface area (Å²) in [6.45, 7) is 3.44. The summed E-state index contributed by atoms with van der Waals surface area (Å²) in [5.41, 5.74) is 1.65. The van der Waals surface area contributed by atoms with Crippen LogP contribution in [0.3, 0.4) is 0 Å². The number of halogens is 1. The van der Waals surface area contributed by atoms with Crippen molar-refractivity contribution in [1.29, 1.82) is 0 Å². The van der Waals surface area contributed by atoms with E-state index in [9.17, 15) is 9.18 Å². The number of hydrogen-bond donors (Lipinski definition) is 2. The molecule has 1 amide bonds. The number of benzene rings is 1. The van der Waals surface area contributed by atoms with E-state index in [1.165, 1.54) is 12.1 Å². The lowest BCUT2D eigenvalue weighted by Gasteiger charge is -2.08. The first kappa shape index (κ1) is 16.9. The number of pyridine rings is 1. The van der Waals surface area contributed by atoms with Crippen molar-refractivity contribution in [3.63, 3.8) is 0 Å². The third-order valence-electron chi connectivity index (χ3n) is 3.47. The fourth-order valence-electron chi connectivity index (χ4n) is 2.14. The molecule has 23 heavy (non-hydrogen) atoms. The zero-order valence-corrected chi connectivity index (χ0v) is 13.3. The molecule has 0 aliphatic heterocycles. The van der Waals surface area contributed by atoms with E-state index in [-0.39, 0.29) is 11.7 Å². The first-order chi connectivity index (χ1) is 11.2. The first-order valence-electron chi connectivity index (χ1n) is 7.91. The largest absolute Gasteiger partial charge is 0.370 e. The second-order valence-corrected chi connectivity index (χ2v) is 5.34. The van der Waals surface area contributed by atoms with Crippen molar-refractivity contribution < 1.29 is 9.18 Å². The molecule has 5 heteroatoms. The highest BCUT2D eigenvalue weighted by Gasteiger charge is 2.06. The Hall–Kier alpha value is -2.43. The van der Waals surface area contributed by atoms with Crippen molar-refractivity contribution in [2.24, 2.45) is 0 Å². The number of amides is 1. The molecule has 0 saturated carbocycles. The Labute approximate surface area is 136 Å². The minimum absolute atomic E-state index is 0.0811. The molecule has 0 spiro atoms. The van der Waals surface area contributed by atoms with Crippen LogP contribution in [0.4, 0.5) is 10.2 Å². The quantitative estimate of drug-likeness (QED) is 0.734. The Morgan fingerprint density at radius 1 is 1.17 bits per heavy atom. The Balaban J connectivity index is 1.84. The summed E-state index contributed by atoms with van der Waals surface area (Å²) in [5, 5.41) is 6.07. The van der Waals surface area contributed by atoms with Crippen molar-refractivity contribution in [2.75, 3.05) is 18.4 Å². The van der Waals surface area contributed by atoms with Crippen LogP contribution in [-0.4, -0.2) is 24.0 Å². The van der Waals surface area contributed by atoms with Gasteiger partial charge in [0, 0.05) is 24.8 Å². The third kappa shape index (κ3) is 5.70. The summed E-state index contributed by atoms with van der Waals surface area (Å²) in [6.07, 6.45) is 4.40. The van der Waals surface area contributed by atoms with Crippen LogP contribution in [0.2, 0.25) is 0 Å². The molecule has 1 heterocycles. The average Bonchev–Trinajstić information content (AvgIpc) is 2.57. The summed E-state index contributed by atoms with van der Waals surface area (Å²) in [6, 6.07) is 9.88. The van der Waals surface area contributed by atoms with Crippen LogP contribution in [0.5, 0.6) is 0 Å². The lowest BCUT2D eigenvalue weighted by molar-refractivity contribution is 0.0953. The Bertz CT molecular complexity index is 628. The molecule has 0 saturated heterocycles. The number of hydrogen-bond acceptors (Lipinski definition) is 3. The molecular weight excluding hydrogens is 293 g/mol. The fourth-order valence-corrected chi connectivity index (χ4v) is 2.14. The average molecular weight is 315 g/mol. The number of nitrogens with one attached hydrogen (secondary N) is 2.